The van der Waals surface area contributed by atoms with Gasteiger partial charge in [-0.2, -0.15) is 0 Å². The highest BCUT2D eigenvalue weighted by Crippen LogP contribution is 2.27. The van der Waals surface area contributed by atoms with Gasteiger partial charge in [-0.15, -0.1) is 0 Å². The highest BCUT2D eigenvalue weighted by molar-refractivity contribution is 6.32. The third-order valence-electron chi connectivity index (χ3n) is 3.56. The molecule has 0 atom stereocenters. The first kappa shape index (κ1) is 19.9. The summed E-state index contributed by atoms with van der Waals surface area (Å²) in [6, 6.07) is 13.2. The second-order valence-corrected chi connectivity index (χ2v) is 6.38. The first-order valence-corrected chi connectivity index (χ1v) is 8.62. The van der Waals surface area contributed by atoms with Gasteiger partial charge in [0.25, 0.3) is 0 Å². The van der Waals surface area contributed by atoms with Crippen molar-refractivity contribution in [3.63, 3.8) is 0 Å². The third kappa shape index (κ3) is 6.46. The molecule has 2 aromatic rings. The molecule has 3 N–H and O–H groups in total. The molecule has 6 nitrogen and oxygen atoms in total. The molecule has 0 radical (unpaired) electrons. The van der Waals surface area contributed by atoms with E-state index in [2.05, 4.69) is 15.2 Å². The lowest BCUT2D eigenvalue weighted by molar-refractivity contribution is 0.261. The highest BCUT2D eigenvalue weighted by Gasteiger charge is 2.03. The number of hydrogen-bond donors (Lipinski definition) is 2. The van der Waals surface area contributed by atoms with Crippen LogP contribution in [0.15, 0.2) is 47.5 Å². The molecular weight excluding hydrogens is 352 g/mol. The number of ether oxygens (including phenoxy) is 2. The maximum Gasteiger partial charge on any atom is 0.193 e. The second-order valence-electron chi connectivity index (χ2n) is 5.97. The Morgan fingerprint density at radius 2 is 2.04 bits per heavy atom. The maximum absolute atomic E-state index is 6.10. The second kappa shape index (κ2) is 9.89. The third-order valence-corrected chi connectivity index (χ3v) is 3.86. The van der Waals surface area contributed by atoms with Gasteiger partial charge in [-0.25, -0.2) is 4.99 Å². The zero-order valence-electron chi connectivity index (χ0n) is 15.3. The number of nitrogens with one attached hydrogen (secondary N) is 1. The summed E-state index contributed by atoms with van der Waals surface area (Å²) < 4.78 is 10.9. The van der Waals surface area contributed by atoms with Crippen molar-refractivity contribution in [2.75, 3.05) is 39.7 Å². The predicted molar refractivity (Wildman–Crippen MR) is 107 cm³/mol. The van der Waals surface area contributed by atoms with Crippen LogP contribution in [0.1, 0.15) is 5.56 Å². The molecule has 2 rings (SSSR count). The van der Waals surface area contributed by atoms with E-state index in [4.69, 9.17) is 26.8 Å². The number of likely N-dealkylation sites (N-methyl/N-ethyl adjacent to an activating group) is 1. The summed E-state index contributed by atoms with van der Waals surface area (Å²) in [6.45, 7) is 1.96. The fourth-order valence-corrected chi connectivity index (χ4v) is 2.45. The van der Waals surface area contributed by atoms with Gasteiger partial charge in [0.15, 0.2) is 5.96 Å². The van der Waals surface area contributed by atoms with E-state index in [0.29, 0.717) is 29.9 Å². The first-order valence-electron chi connectivity index (χ1n) is 8.25. The Labute approximate surface area is 159 Å². The van der Waals surface area contributed by atoms with E-state index in [0.717, 1.165) is 23.5 Å². The lowest BCUT2D eigenvalue weighted by Gasteiger charge is -2.11. The molecular formula is C19H25ClN4O2. The van der Waals surface area contributed by atoms with Crippen molar-refractivity contribution in [3.05, 3.63) is 53.1 Å². The average molecular weight is 377 g/mol. The summed E-state index contributed by atoms with van der Waals surface area (Å²) >= 11 is 6.10. The molecule has 7 heteroatoms. The lowest BCUT2D eigenvalue weighted by atomic mass is 10.2. The van der Waals surface area contributed by atoms with Crippen LogP contribution in [-0.4, -0.2) is 45.2 Å². The van der Waals surface area contributed by atoms with Crippen LogP contribution in [0.2, 0.25) is 5.02 Å². The predicted octanol–water partition coefficient (Wildman–Crippen LogP) is 3.22. The fraction of sp³-hybridized carbons (Fsp3) is 0.316. The van der Waals surface area contributed by atoms with Crippen LogP contribution in [-0.2, 0) is 6.54 Å². The monoisotopic (exact) mass is 376 g/mol. The number of methoxy groups -OCH3 is 1. The Kier molecular flexibility index (Phi) is 7.56. The number of hydrogen-bond acceptors (Lipinski definition) is 4. The van der Waals surface area contributed by atoms with Crippen LogP contribution in [0.3, 0.4) is 0 Å². The summed E-state index contributed by atoms with van der Waals surface area (Å²) in [5.74, 6) is 1.75. The van der Waals surface area contributed by atoms with Gasteiger partial charge in [0.05, 0.1) is 18.7 Å². The number of anilines is 1. The summed E-state index contributed by atoms with van der Waals surface area (Å²) in [5, 5.41) is 3.52. The number of nitrogens with zero attached hydrogens (tertiary/aromatic N) is 2. The number of nitrogens with two attached hydrogens (primary N) is 1. The van der Waals surface area contributed by atoms with Crippen molar-refractivity contribution in [1.29, 1.82) is 0 Å². The number of guanidine groups is 1. The number of halogens is 1. The van der Waals surface area contributed by atoms with Crippen molar-refractivity contribution >= 4 is 23.2 Å². The maximum atomic E-state index is 6.10. The van der Waals surface area contributed by atoms with Crippen LogP contribution < -0.4 is 20.5 Å². The van der Waals surface area contributed by atoms with E-state index in [1.54, 1.807) is 19.2 Å². The van der Waals surface area contributed by atoms with Gasteiger partial charge in [-0.1, -0.05) is 23.7 Å². The summed E-state index contributed by atoms with van der Waals surface area (Å²) in [6.07, 6.45) is 0. The first-order chi connectivity index (χ1) is 12.5. The molecule has 0 saturated heterocycles. The summed E-state index contributed by atoms with van der Waals surface area (Å²) in [5.41, 5.74) is 7.72. The number of benzene rings is 2. The molecule has 2 aromatic carbocycles. The molecule has 0 aliphatic carbocycles. The summed E-state index contributed by atoms with van der Waals surface area (Å²) in [7, 11) is 5.60. The van der Waals surface area contributed by atoms with Gasteiger partial charge in [0, 0.05) is 12.2 Å². The van der Waals surface area contributed by atoms with Crippen LogP contribution in [0.5, 0.6) is 11.5 Å². The minimum absolute atomic E-state index is 0.310. The molecule has 0 aromatic heterocycles. The van der Waals surface area contributed by atoms with E-state index in [1.807, 2.05) is 44.4 Å². The Balaban J connectivity index is 1.92. The average Bonchev–Trinajstić information content (AvgIpc) is 2.60. The van der Waals surface area contributed by atoms with Crippen molar-refractivity contribution in [3.8, 4) is 11.5 Å². The Bertz CT molecular complexity index is 750. The Hall–Kier alpha value is -2.44. The van der Waals surface area contributed by atoms with Gasteiger partial charge >= 0.3 is 0 Å². The highest BCUT2D eigenvalue weighted by atomic mass is 35.5. The molecule has 26 heavy (non-hydrogen) atoms. The van der Waals surface area contributed by atoms with Gasteiger partial charge in [-0.3, -0.25) is 0 Å². The molecule has 0 saturated carbocycles. The smallest absolute Gasteiger partial charge is 0.193 e. The topological polar surface area (TPSA) is 72.1 Å². The zero-order chi connectivity index (χ0) is 18.9. The Morgan fingerprint density at radius 1 is 1.23 bits per heavy atom. The molecule has 0 fully saturated rings. The molecule has 0 aliphatic rings. The molecule has 0 heterocycles. The van der Waals surface area contributed by atoms with Crippen molar-refractivity contribution in [2.45, 2.75) is 6.54 Å². The molecule has 0 aliphatic heterocycles. The molecule has 0 amide bonds. The molecule has 0 unspecified atom stereocenters. The van der Waals surface area contributed by atoms with Gasteiger partial charge < -0.3 is 25.4 Å². The number of rotatable bonds is 8. The standard InChI is InChI=1S/C19H25ClN4O2/c1-24(2)9-10-26-16-6-4-5-14(11-16)13-22-19(21)23-15-7-8-18(25-3)17(20)12-15/h4-8,11-12H,9-10,13H2,1-3H3,(H3,21,22,23). The van der Waals surface area contributed by atoms with Crippen LogP contribution in [0.25, 0.3) is 0 Å². The van der Waals surface area contributed by atoms with Crippen LogP contribution in [0, 0.1) is 0 Å². The number of aliphatic imine (C=N–C) groups is 1. The lowest BCUT2D eigenvalue weighted by Crippen LogP contribution is -2.22. The van der Waals surface area contributed by atoms with Crippen molar-refractivity contribution < 1.29 is 9.47 Å². The van der Waals surface area contributed by atoms with Crippen molar-refractivity contribution in [1.82, 2.24) is 4.90 Å². The molecule has 140 valence electrons. The zero-order valence-corrected chi connectivity index (χ0v) is 16.1. The quantitative estimate of drug-likeness (QED) is 0.546. The SMILES string of the molecule is COc1ccc(NC(N)=NCc2cccc(OCCN(C)C)c2)cc1Cl. The van der Waals surface area contributed by atoms with Gasteiger partial charge in [-0.05, 0) is 50.0 Å². The van der Waals surface area contributed by atoms with E-state index >= 15 is 0 Å². The summed E-state index contributed by atoms with van der Waals surface area (Å²) in [4.78, 5) is 6.43. The Morgan fingerprint density at radius 3 is 2.73 bits per heavy atom. The normalized spacial score (nSPS) is 11.5. The molecule has 0 bridgehead atoms. The van der Waals surface area contributed by atoms with Gasteiger partial charge in [0.2, 0.25) is 0 Å². The van der Waals surface area contributed by atoms with E-state index < -0.39 is 0 Å². The van der Waals surface area contributed by atoms with Crippen LogP contribution >= 0.6 is 11.6 Å². The van der Waals surface area contributed by atoms with E-state index in [-0.39, 0.29) is 0 Å². The van der Waals surface area contributed by atoms with Crippen LogP contribution in [0.4, 0.5) is 5.69 Å². The van der Waals surface area contributed by atoms with Gasteiger partial charge in [0.1, 0.15) is 18.1 Å². The largest absolute Gasteiger partial charge is 0.495 e. The van der Waals surface area contributed by atoms with E-state index in [1.165, 1.54) is 0 Å². The van der Waals surface area contributed by atoms with E-state index in [9.17, 15) is 0 Å². The fourth-order valence-electron chi connectivity index (χ4n) is 2.19. The minimum Gasteiger partial charge on any atom is -0.495 e. The van der Waals surface area contributed by atoms with Crippen molar-refractivity contribution in [2.24, 2.45) is 10.7 Å². The minimum atomic E-state index is 0.310. The molecule has 0 spiro atoms.